The lowest BCUT2D eigenvalue weighted by molar-refractivity contribution is 0.669. The van der Waals surface area contributed by atoms with Crippen molar-refractivity contribution in [2.45, 2.75) is 0 Å². The number of furan rings is 1. The van der Waals surface area contributed by atoms with Crippen LogP contribution in [0.3, 0.4) is 0 Å². The number of hydrogen-bond donors (Lipinski definition) is 0. The summed E-state index contributed by atoms with van der Waals surface area (Å²) in [6, 6.07) is 58.6. The second-order valence-electron chi connectivity index (χ2n) is 12.5. The monoisotopic (exact) mass is 640 g/mol. The summed E-state index contributed by atoms with van der Waals surface area (Å²) in [6.45, 7) is 0. The van der Waals surface area contributed by atoms with Gasteiger partial charge >= 0.3 is 0 Å². The standard InChI is InChI=1S/C45H28N4O/c1-3-13-29(14-4-1)43-46-44(30-15-5-2-6-16-30)48-45(47-43)32-17-11-18-33(27-32)49-38-22-9-7-19-35(38)36-26-25-31(28-39(36)49)34-21-12-24-41-42(34)37-20-8-10-23-40(37)50-41/h1-28H. The Labute approximate surface area is 287 Å². The molecular weight excluding hydrogens is 613 g/mol. The van der Waals surface area contributed by atoms with E-state index in [9.17, 15) is 0 Å². The molecule has 0 fully saturated rings. The molecule has 0 saturated heterocycles. The number of hydrogen-bond acceptors (Lipinski definition) is 4. The molecule has 3 aromatic heterocycles. The van der Waals surface area contributed by atoms with E-state index in [0.29, 0.717) is 17.5 Å². The molecule has 0 N–H and O–H groups in total. The number of aromatic nitrogens is 4. The van der Waals surface area contributed by atoms with Crippen LogP contribution < -0.4 is 0 Å². The highest BCUT2D eigenvalue weighted by Gasteiger charge is 2.18. The van der Waals surface area contributed by atoms with Gasteiger partial charge in [0.25, 0.3) is 0 Å². The third-order valence-corrected chi connectivity index (χ3v) is 9.45. The van der Waals surface area contributed by atoms with Gasteiger partial charge in [0.05, 0.1) is 11.0 Å². The van der Waals surface area contributed by atoms with Crippen LogP contribution in [0.4, 0.5) is 0 Å². The lowest BCUT2D eigenvalue weighted by Gasteiger charge is -2.12. The van der Waals surface area contributed by atoms with Gasteiger partial charge in [-0.15, -0.1) is 0 Å². The Morgan fingerprint density at radius 3 is 1.72 bits per heavy atom. The smallest absolute Gasteiger partial charge is 0.164 e. The summed E-state index contributed by atoms with van der Waals surface area (Å²) in [4.78, 5) is 14.9. The van der Waals surface area contributed by atoms with Crippen molar-refractivity contribution < 1.29 is 4.42 Å². The van der Waals surface area contributed by atoms with Gasteiger partial charge in [-0.05, 0) is 47.5 Å². The molecule has 10 rings (SSSR count). The van der Waals surface area contributed by atoms with Gasteiger partial charge in [0.2, 0.25) is 0 Å². The largest absolute Gasteiger partial charge is 0.456 e. The first-order valence-electron chi connectivity index (χ1n) is 16.7. The van der Waals surface area contributed by atoms with Crippen molar-refractivity contribution >= 4 is 43.7 Å². The van der Waals surface area contributed by atoms with Crippen LogP contribution in [0.15, 0.2) is 174 Å². The van der Waals surface area contributed by atoms with E-state index in [1.807, 2.05) is 78.9 Å². The molecule has 7 aromatic carbocycles. The number of benzene rings is 7. The molecule has 0 amide bonds. The second-order valence-corrected chi connectivity index (χ2v) is 12.5. The van der Waals surface area contributed by atoms with Gasteiger partial charge in [-0.3, -0.25) is 0 Å². The SMILES string of the molecule is c1ccc(-c2nc(-c3ccccc3)nc(-c3cccc(-n4c5ccccc5c5ccc(-c6cccc7oc8ccccc8c67)cc54)c3)n2)cc1. The molecule has 0 aliphatic heterocycles. The zero-order chi connectivity index (χ0) is 33.0. The van der Waals surface area contributed by atoms with E-state index in [1.54, 1.807) is 0 Å². The van der Waals surface area contributed by atoms with Gasteiger partial charge in [0, 0.05) is 43.9 Å². The van der Waals surface area contributed by atoms with Crippen LogP contribution in [0.2, 0.25) is 0 Å². The first-order valence-corrected chi connectivity index (χ1v) is 16.7. The number of nitrogens with zero attached hydrogens (tertiary/aromatic N) is 4. The molecule has 5 heteroatoms. The van der Waals surface area contributed by atoms with E-state index in [2.05, 4.69) is 95.6 Å². The van der Waals surface area contributed by atoms with Crippen molar-refractivity contribution in [1.29, 1.82) is 0 Å². The molecule has 0 spiro atoms. The fraction of sp³-hybridized carbons (Fsp3) is 0. The molecule has 50 heavy (non-hydrogen) atoms. The molecule has 3 heterocycles. The average Bonchev–Trinajstić information content (AvgIpc) is 3.74. The van der Waals surface area contributed by atoms with Crippen LogP contribution in [0.5, 0.6) is 0 Å². The molecule has 0 radical (unpaired) electrons. The van der Waals surface area contributed by atoms with Gasteiger partial charge in [-0.1, -0.05) is 133 Å². The topological polar surface area (TPSA) is 56.7 Å². The van der Waals surface area contributed by atoms with Crippen LogP contribution in [-0.4, -0.2) is 19.5 Å². The molecule has 0 saturated carbocycles. The van der Waals surface area contributed by atoms with Crippen molar-refractivity contribution in [1.82, 2.24) is 19.5 Å². The highest BCUT2D eigenvalue weighted by molar-refractivity contribution is 6.14. The summed E-state index contributed by atoms with van der Waals surface area (Å²) >= 11 is 0. The Kier molecular flexibility index (Phi) is 6.42. The minimum Gasteiger partial charge on any atom is -0.456 e. The van der Waals surface area contributed by atoms with Crippen LogP contribution in [0.1, 0.15) is 0 Å². The Morgan fingerprint density at radius 2 is 0.960 bits per heavy atom. The maximum Gasteiger partial charge on any atom is 0.164 e. The van der Waals surface area contributed by atoms with Crippen molar-refractivity contribution in [3.8, 4) is 51.0 Å². The molecular formula is C45H28N4O. The second kappa shape index (κ2) is 11.4. The summed E-state index contributed by atoms with van der Waals surface area (Å²) in [6.07, 6.45) is 0. The summed E-state index contributed by atoms with van der Waals surface area (Å²) < 4.78 is 8.60. The normalized spacial score (nSPS) is 11.6. The molecule has 0 bridgehead atoms. The minimum absolute atomic E-state index is 0.625. The van der Waals surface area contributed by atoms with Gasteiger partial charge < -0.3 is 8.98 Å². The van der Waals surface area contributed by atoms with Crippen molar-refractivity contribution in [2.75, 3.05) is 0 Å². The van der Waals surface area contributed by atoms with Crippen molar-refractivity contribution in [3.63, 3.8) is 0 Å². The van der Waals surface area contributed by atoms with Crippen LogP contribution in [0, 0.1) is 0 Å². The quantitative estimate of drug-likeness (QED) is 0.188. The average molecular weight is 641 g/mol. The highest BCUT2D eigenvalue weighted by Crippen LogP contribution is 2.40. The Hall–Kier alpha value is -6.85. The highest BCUT2D eigenvalue weighted by atomic mass is 16.3. The van der Waals surface area contributed by atoms with E-state index in [1.165, 1.54) is 10.8 Å². The van der Waals surface area contributed by atoms with Gasteiger partial charge in [0.15, 0.2) is 17.5 Å². The molecule has 234 valence electrons. The van der Waals surface area contributed by atoms with Crippen molar-refractivity contribution in [2.24, 2.45) is 0 Å². The Morgan fingerprint density at radius 1 is 0.380 bits per heavy atom. The lowest BCUT2D eigenvalue weighted by atomic mass is 9.98. The summed E-state index contributed by atoms with van der Waals surface area (Å²) in [5.41, 5.74) is 10.1. The zero-order valence-corrected chi connectivity index (χ0v) is 26.9. The maximum absolute atomic E-state index is 6.25. The van der Waals surface area contributed by atoms with Crippen LogP contribution in [-0.2, 0) is 0 Å². The molecule has 10 aromatic rings. The Bertz CT molecular complexity index is 2810. The van der Waals surface area contributed by atoms with Gasteiger partial charge in [-0.2, -0.15) is 0 Å². The maximum atomic E-state index is 6.25. The number of fused-ring (bicyclic) bond motifs is 6. The van der Waals surface area contributed by atoms with E-state index < -0.39 is 0 Å². The third-order valence-electron chi connectivity index (χ3n) is 9.45. The van der Waals surface area contributed by atoms with Gasteiger partial charge in [0.1, 0.15) is 11.2 Å². The van der Waals surface area contributed by atoms with E-state index in [0.717, 1.165) is 66.5 Å². The molecule has 0 aliphatic rings. The van der Waals surface area contributed by atoms with E-state index >= 15 is 0 Å². The predicted molar refractivity (Wildman–Crippen MR) is 203 cm³/mol. The first kappa shape index (κ1) is 28.2. The van der Waals surface area contributed by atoms with E-state index in [-0.39, 0.29) is 0 Å². The first-order chi connectivity index (χ1) is 24.8. The molecule has 0 aliphatic carbocycles. The van der Waals surface area contributed by atoms with Gasteiger partial charge in [-0.25, -0.2) is 15.0 Å². The van der Waals surface area contributed by atoms with Crippen LogP contribution in [0.25, 0.3) is 94.7 Å². The van der Waals surface area contributed by atoms with E-state index in [4.69, 9.17) is 19.4 Å². The van der Waals surface area contributed by atoms with Crippen LogP contribution >= 0.6 is 0 Å². The molecule has 5 nitrogen and oxygen atoms in total. The third kappa shape index (κ3) is 4.60. The lowest BCUT2D eigenvalue weighted by Crippen LogP contribution is -2.01. The molecule has 0 unspecified atom stereocenters. The van der Waals surface area contributed by atoms with Crippen molar-refractivity contribution in [3.05, 3.63) is 170 Å². The summed E-state index contributed by atoms with van der Waals surface area (Å²) in [7, 11) is 0. The fourth-order valence-electron chi connectivity index (χ4n) is 7.15. The summed E-state index contributed by atoms with van der Waals surface area (Å²) in [5, 5.41) is 4.64. The molecule has 0 atom stereocenters. The Balaban J connectivity index is 1.18. The number of para-hydroxylation sites is 2. The summed E-state index contributed by atoms with van der Waals surface area (Å²) in [5.74, 6) is 1.91. The predicted octanol–water partition coefficient (Wildman–Crippen LogP) is 11.5. The zero-order valence-electron chi connectivity index (χ0n) is 26.9. The minimum atomic E-state index is 0.625. The fourth-order valence-corrected chi connectivity index (χ4v) is 7.15. The number of rotatable bonds is 5.